The van der Waals surface area contributed by atoms with E-state index in [1.807, 2.05) is 25.9 Å². The molecule has 0 unspecified atom stereocenters. The third-order valence-electron chi connectivity index (χ3n) is 1.24. The van der Waals surface area contributed by atoms with Crippen LogP contribution in [0.2, 0.25) is 0 Å². The maximum Gasteiger partial charge on any atom is 0.0538 e. The topological polar surface area (TPSA) is 27.1 Å². The SMILES string of the molecule is C=C(C(=N)CC)N(C)C. The highest BCUT2D eigenvalue weighted by Crippen LogP contribution is 1.98. The number of nitrogens with zero attached hydrogens (tertiary/aromatic N) is 1. The van der Waals surface area contributed by atoms with E-state index >= 15 is 0 Å². The second-order valence-corrected chi connectivity index (χ2v) is 2.17. The van der Waals surface area contributed by atoms with Crippen LogP contribution < -0.4 is 0 Å². The molecule has 0 aliphatic heterocycles. The van der Waals surface area contributed by atoms with E-state index in [0.717, 1.165) is 12.1 Å². The predicted molar refractivity (Wildman–Crippen MR) is 40.8 cm³/mol. The normalized spacial score (nSPS) is 8.78. The Kier molecular flexibility index (Phi) is 2.99. The van der Waals surface area contributed by atoms with Gasteiger partial charge in [-0.15, -0.1) is 0 Å². The first-order valence-electron chi connectivity index (χ1n) is 3.03. The number of rotatable bonds is 3. The van der Waals surface area contributed by atoms with E-state index in [4.69, 9.17) is 5.41 Å². The first-order valence-corrected chi connectivity index (χ1v) is 3.03. The highest BCUT2D eigenvalue weighted by molar-refractivity contribution is 5.96. The van der Waals surface area contributed by atoms with Crippen molar-refractivity contribution >= 4 is 5.71 Å². The Labute approximate surface area is 56.7 Å². The van der Waals surface area contributed by atoms with Crippen LogP contribution in [0.3, 0.4) is 0 Å². The van der Waals surface area contributed by atoms with E-state index < -0.39 is 0 Å². The number of nitrogens with one attached hydrogen (secondary N) is 1. The lowest BCUT2D eigenvalue weighted by Crippen LogP contribution is -2.16. The van der Waals surface area contributed by atoms with Crippen molar-refractivity contribution in [1.29, 1.82) is 5.41 Å². The molecule has 0 aliphatic carbocycles. The van der Waals surface area contributed by atoms with E-state index in [1.165, 1.54) is 0 Å². The highest BCUT2D eigenvalue weighted by Gasteiger charge is 1.99. The maximum absolute atomic E-state index is 7.33. The summed E-state index contributed by atoms with van der Waals surface area (Å²) in [6, 6.07) is 0. The molecule has 0 saturated carbocycles. The predicted octanol–water partition coefficient (Wildman–Crippen LogP) is 1.49. The Morgan fingerprint density at radius 2 is 2.00 bits per heavy atom. The molecular weight excluding hydrogens is 112 g/mol. The number of hydrogen-bond acceptors (Lipinski definition) is 2. The van der Waals surface area contributed by atoms with E-state index in [9.17, 15) is 0 Å². The molecule has 0 aromatic rings. The zero-order chi connectivity index (χ0) is 7.44. The van der Waals surface area contributed by atoms with Gasteiger partial charge in [-0.1, -0.05) is 13.5 Å². The lowest BCUT2D eigenvalue weighted by atomic mass is 10.2. The van der Waals surface area contributed by atoms with E-state index in [2.05, 4.69) is 6.58 Å². The molecule has 2 heteroatoms. The fraction of sp³-hybridized carbons (Fsp3) is 0.571. The first kappa shape index (κ1) is 8.21. The van der Waals surface area contributed by atoms with E-state index in [0.29, 0.717) is 5.71 Å². The Morgan fingerprint density at radius 3 is 2.11 bits per heavy atom. The summed E-state index contributed by atoms with van der Waals surface area (Å²) in [6.45, 7) is 5.68. The van der Waals surface area contributed by atoms with Crippen molar-refractivity contribution in [3.8, 4) is 0 Å². The van der Waals surface area contributed by atoms with Crippen LogP contribution in [0.1, 0.15) is 13.3 Å². The van der Waals surface area contributed by atoms with Gasteiger partial charge in [0.05, 0.1) is 5.71 Å². The van der Waals surface area contributed by atoms with Crippen LogP contribution in [0.5, 0.6) is 0 Å². The minimum absolute atomic E-state index is 0.611. The molecule has 0 bridgehead atoms. The number of hydrogen-bond donors (Lipinski definition) is 1. The minimum Gasteiger partial charge on any atom is -0.377 e. The molecule has 52 valence electrons. The molecule has 0 radical (unpaired) electrons. The van der Waals surface area contributed by atoms with E-state index in [-0.39, 0.29) is 0 Å². The van der Waals surface area contributed by atoms with Crippen LogP contribution in [-0.2, 0) is 0 Å². The smallest absolute Gasteiger partial charge is 0.0538 e. The largest absolute Gasteiger partial charge is 0.377 e. The Balaban J connectivity index is 3.89. The fourth-order valence-corrected chi connectivity index (χ4v) is 0.474. The second-order valence-electron chi connectivity index (χ2n) is 2.17. The molecule has 0 rings (SSSR count). The molecule has 0 amide bonds. The standard InChI is InChI=1S/C7H14N2/c1-5-7(8)6(2)9(3)4/h8H,2,5H2,1,3-4H3. The van der Waals surface area contributed by atoms with Crippen LogP contribution in [0.25, 0.3) is 0 Å². The van der Waals surface area contributed by atoms with Crippen molar-refractivity contribution in [3.05, 3.63) is 12.3 Å². The van der Waals surface area contributed by atoms with Gasteiger partial charge in [-0.25, -0.2) is 0 Å². The van der Waals surface area contributed by atoms with Crippen molar-refractivity contribution in [3.63, 3.8) is 0 Å². The fourth-order valence-electron chi connectivity index (χ4n) is 0.474. The van der Waals surface area contributed by atoms with Crippen molar-refractivity contribution in [2.24, 2.45) is 0 Å². The molecule has 0 atom stereocenters. The monoisotopic (exact) mass is 126 g/mol. The van der Waals surface area contributed by atoms with Crippen LogP contribution in [0.4, 0.5) is 0 Å². The van der Waals surface area contributed by atoms with Gasteiger partial charge < -0.3 is 10.3 Å². The van der Waals surface area contributed by atoms with Gasteiger partial charge in [-0.3, -0.25) is 0 Å². The van der Waals surface area contributed by atoms with E-state index in [1.54, 1.807) is 0 Å². The van der Waals surface area contributed by atoms with Gasteiger partial charge in [-0.2, -0.15) is 0 Å². The lowest BCUT2D eigenvalue weighted by Gasteiger charge is -2.14. The van der Waals surface area contributed by atoms with Gasteiger partial charge in [0.25, 0.3) is 0 Å². The average Bonchev–Trinajstić information content (AvgIpc) is 1.84. The van der Waals surface area contributed by atoms with Crippen molar-refractivity contribution < 1.29 is 0 Å². The zero-order valence-corrected chi connectivity index (χ0v) is 6.36. The van der Waals surface area contributed by atoms with Crippen molar-refractivity contribution in [1.82, 2.24) is 4.90 Å². The molecule has 0 spiro atoms. The van der Waals surface area contributed by atoms with Gasteiger partial charge >= 0.3 is 0 Å². The summed E-state index contributed by atoms with van der Waals surface area (Å²) in [5.74, 6) is 0. The van der Waals surface area contributed by atoms with Crippen molar-refractivity contribution in [2.75, 3.05) is 14.1 Å². The molecule has 0 aromatic heterocycles. The average molecular weight is 126 g/mol. The quantitative estimate of drug-likeness (QED) is 0.570. The minimum atomic E-state index is 0.611. The summed E-state index contributed by atoms with van der Waals surface area (Å²) in [6.07, 6.45) is 0.761. The number of allylic oxidation sites excluding steroid dienone is 1. The van der Waals surface area contributed by atoms with Gasteiger partial charge in [0, 0.05) is 19.8 Å². The molecular formula is C7H14N2. The first-order chi connectivity index (χ1) is 4.09. The summed E-state index contributed by atoms with van der Waals surface area (Å²) < 4.78 is 0. The van der Waals surface area contributed by atoms with Crippen LogP contribution in [0.15, 0.2) is 12.3 Å². The van der Waals surface area contributed by atoms with Crippen LogP contribution >= 0.6 is 0 Å². The molecule has 0 heterocycles. The molecule has 9 heavy (non-hydrogen) atoms. The third kappa shape index (κ3) is 2.31. The Hall–Kier alpha value is -0.790. The van der Waals surface area contributed by atoms with Gasteiger partial charge in [-0.05, 0) is 6.42 Å². The Morgan fingerprint density at radius 1 is 1.56 bits per heavy atom. The summed E-state index contributed by atoms with van der Waals surface area (Å²) in [5, 5.41) is 7.33. The summed E-state index contributed by atoms with van der Waals surface area (Å²) in [4.78, 5) is 1.85. The molecule has 0 aliphatic rings. The van der Waals surface area contributed by atoms with Crippen molar-refractivity contribution in [2.45, 2.75) is 13.3 Å². The van der Waals surface area contributed by atoms with Gasteiger partial charge in [0.1, 0.15) is 0 Å². The third-order valence-corrected chi connectivity index (χ3v) is 1.24. The highest BCUT2D eigenvalue weighted by atomic mass is 15.1. The Bertz CT molecular complexity index is 125. The summed E-state index contributed by atoms with van der Waals surface area (Å²) >= 11 is 0. The summed E-state index contributed by atoms with van der Waals surface area (Å²) in [7, 11) is 3.79. The molecule has 0 saturated heterocycles. The van der Waals surface area contributed by atoms with Gasteiger partial charge in [0.2, 0.25) is 0 Å². The lowest BCUT2D eigenvalue weighted by molar-refractivity contribution is 0.539. The molecule has 0 aromatic carbocycles. The maximum atomic E-state index is 7.33. The molecule has 2 nitrogen and oxygen atoms in total. The molecule has 1 N–H and O–H groups in total. The second kappa shape index (κ2) is 3.28. The summed E-state index contributed by atoms with van der Waals surface area (Å²) in [5.41, 5.74) is 1.41. The molecule has 0 fully saturated rings. The zero-order valence-electron chi connectivity index (χ0n) is 6.36. The van der Waals surface area contributed by atoms with Crippen LogP contribution in [-0.4, -0.2) is 24.7 Å². The van der Waals surface area contributed by atoms with Crippen LogP contribution in [0, 0.1) is 5.41 Å². The van der Waals surface area contributed by atoms with Gasteiger partial charge in [0.15, 0.2) is 0 Å².